The van der Waals surface area contributed by atoms with Gasteiger partial charge in [-0.05, 0) is 55.2 Å². The second-order valence-corrected chi connectivity index (χ2v) is 5.36. The average Bonchev–Trinajstić information content (AvgIpc) is 2.44. The van der Waals surface area contributed by atoms with Crippen molar-refractivity contribution in [2.45, 2.75) is 39.2 Å². The number of benzene rings is 2. The normalized spacial score (nSPS) is 12.1. The fraction of sp³-hybridized carbons (Fsp3) is 0.333. The zero-order valence-corrected chi connectivity index (χ0v) is 12.3. The van der Waals surface area contributed by atoms with E-state index in [-0.39, 0.29) is 0 Å². The van der Waals surface area contributed by atoms with E-state index < -0.39 is 0 Å². The molecule has 0 bridgehead atoms. The van der Waals surface area contributed by atoms with Gasteiger partial charge in [0.1, 0.15) is 5.75 Å². The second kappa shape index (κ2) is 6.99. The lowest BCUT2D eigenvalue weighted by molar-refractivity contribution is 0.475. The minimum Gasteiger partial charge on any atom is -0.508 e. The van der Waals surface area contributed by atoms with Crippen molar-refractivity contribution in [1.29, 1.82) is 0 Å². The van der Waals surface area contributed by atoms with E-state index in [1.807, 2.05) is 12.1 Å². The Morgan fingerprint density at radius 2 is 1.55 bits per heavy atom. The maximum absolute atomic E-state index is 9.28. The molecule has 0 heterocycles. The fourth-order valence-electron chi connectivity index (χ4n) is 2.38. The van der Waals surface area contributed by atoms with Crippen LogP contribution in [0.1, 0.15) is 31.4 Å². The van der Waals surface area contributed by atoms with Gasteiger partial charge in [-0.25, -0.2) is 0 Å². The smallest absolute Gasteiger partial charge is 0.115 e. The van der Waals surface area contributed by atoms with Crippen molar-refractivity contribution < 1.29 is 5.11 Å². The molecular formula is C18H23NO. The monoisotopic (exact) mass is 269 g/mol. The number of aromatic hydroxyl groups is 1. The molecule has 0 aromatic heterocycles. The number of rotatable bonds is 6. The van der Waals surface area contributed by atoms with Gasteiger partial charge in [-0.1, -0.05) is 37.6 Å². The summed E-state index contributed by atoms with van der Waals surface area (Å²) in [4.78, 5) is 0. The van der Waals surface area contributed by atoms with Crippen LogP contribution in [0.3, 0.4) is 0 Å². The molecule has 0 amide bonds. The predicted molar refractivity (Wildman–Crippen MR) is 85.3 cm³/mol. The van der Waals surface area contributed by atoms with Crippen LogP contribution in [0.15, 0.2) is 48.5 Å². The van der Waals surface area contributed by atoms with Crippen LogP contribution in [0.2, 0.25) is 0 Å². The lowest BCUT2D eigenvalue weighted by Crippen LogP contribution is -2.17. The molecule has 0 aliphatic carbocycles. The molecule has 106 valence electrons. The summed E-state index contributed by atoms with van der Waals surface area (Å²) in [5.74, 6) is 0.320. The van der Waals surface area contributed by atoms with Gasteiger partial charge >= 0.3 is 0 Å². The van der Waals surface area contributed by atoms with Crippen LogP contribution >= 0.6 is 0 Å². The Kier molecular flexibility index (Phi) is 5.05. The lowest BCUT2D eigenvalue weighted by atomic mass is 10.1. The Morgan fingerprint density at radius 3 is 2.15 bits per heavy atom. The topological polar surface area (TPSA) is 32.3 Å². The molecule has 1 unspecified atom stereocenters. The lowest BCUT2D eigenvalue weighted by Gasteiger charge is -2.15. The van der Waals surface area contributed by atoms with Gasteiger partial charge in [0.15, 0.2) is 0 Å². The van der Waals surface area contributed by atoms with Gasteiger partial charge < -0.3 is 10.4 Å². The molecule has 0 radical (unpaired) electrons. The van der Waals surface area contributed by atoms with Crippen LogP contribution in [-0.4, -0.2) is 11.1 Å². The third-order valence-corrected chi connectivity index (χ3v) is 3.38. The van der Waals surface area contributed by atoms with Crippen LogP contribution in [0.4, 0.5) is 5.69 Å². The SMILES string of the molecule is CCCc1ccc(NC(C)Cc2ccc(O)cc2)cc1. The minimum absolute atomic E-state index is 0.320. The molecule has 0 aliphatic heterocycles. The van der Waals surface area contributed by atoms with E-state index >= 15 is 0 Å². The Hall–Kier alpha value is -1.96. The molecular weight excluding hydrogens is 246 g/mol. The Morgan fingerprint density at radius 1 is 0.950 bits per heavy atom. The van der Waals surface area contributed by atoms with Crippen LogP contribution in [-0.2, 0) is 12.8 Å². The molecule has 2 aromatic rings. The van der Waals surface area contributed by atoms with Crippen molar-refractivity contribution in [2.75, 3.05) is 5.32 Å². The highest BCUT2D eigenvalue weighted by molar-refractivity contribution is 5.45. The first-order valence-electron chi connectivity index (χ1n) is 7.30. The van der Waals surface area contributed by atoms with Crippen molar-refractivity contribution in [3.8, 4) is 5.75 Å². The molecule has 2 N–H and O–H groups in total. The third kappa shape index (κ3) is 4.30. The summed E-state index contributed by atoms with van der Waals surface area (Å²) in [6.07, 6.45) is 3.27. The molecule has 2 heteroatoms. The number of hydrogen-bond donors (Lipinski definition) is 2. The third-order valence-electron chi connectivity index (χ3n) is 3.38. The van der Waals surface area contributed by atoms with Crippen LogP contribution in [0, 0.1) is 0 Å². The van der Waals surface area contributed by atoms with Crippen molar-refractivity contribution in [3.05, 3.63) is 59.7 Å². The number of phenolic OH excluding ortho intramolecular Hbond substituents is 1. The minimum atomic E-state index is 0.320. The summed E-state index contributed by atoms with van der Waals surface area (Å²) in [6, 6.07) is 16.5. The Bertz CT molecular complexity index is 516. The molecule has 0 spiro atoms. The van der Waals surface area contributed by atoms with E-state index in [2.05, 4.69) is 43.4 Å². The summed E-state index contributed by atoms with van der Waals surface area (Å²) in [6.45, 7) is 4.37. The Labute approximate surface area is 121 Å². The first kappa shape index (κ1) is 14.4. The summed E-state index contributed by atoms with van der Waals surface area (Å²) in [5, 5.41) is 12.8. The highest BCUT2D eigenvalue weighted by Gasteiger charge is 2.04. The van der Waals surface area contributed by atoms with Crippen molar-refractivity contribution in [3.63, 3.8) is 0 Å². The van der Waals surface area contributed by atoms with Gasteiger partial charge in [0.2, 0.25) is 0 Å². The zero-order chi connectivity index (χ0) is 14.4. The van der Waals surface area contributed by atoms with E-state index in [9.17, 15) is 5.11 Å². The molecule has 0 aliphatic rings. The molecule has 2 rings (SSSR count). The van der Waals surface area contributed by atoms with Crippen LogP contribution < -0.4 is 5.32 Å². The molecule has 0 saturated heterocycles. The van der Waals surface area contributed by atoms with Gasteiger partial charge in [0, 0.05) is 11.7 Å². The van der Waals surface area contributed by atoms with Crippen molar-refractivity contribution >= 4 is 5.69 Å². The summed E-state index contributed by atoms with van der Waals surface area (Å²) in [7, 11) is 0. The van der Waals surface area contributed by atoms with E-state index in [0.29, 0.717) is 11.8 Å². The van der Waals surface area contributed by atoms with Crippen LogP contribution in [0.5, 0.6) is 5.75 Å². The zero-order valence-electron chi connectivity index (χ0n) is 12.3. The van der Waals surface area contributed by atoms with Gasteiger partial charge in [0.25, 0.3) is 0 Å². The van der Waals surface area contributed by atoms with Crippen molar-refractivity contribution in [2.24, 2.45) is 0 Å². The molecule has 2 nitrogen and oxygen atoms in total. The van der Waals surface area contributed by atoms with E-state index in [0.717, 1.165) is 18.5 Å². The maximum atomic E-state index is 9.28. The first-order chi connectivity index (χ1) is 9.67. The predicted octanol–water partition coefficient (Wildman–Crippen LogP) is 4.39. The fourth-order valence-corrected chi connectivity index (χ4v) is 2.38. The highest BCUT2D eigenvalue weighted by atomic mass is 16.3. The standard InChI is InChI=1S/C18H23NO/c1-3-4-15-5-9-17(10-6-15)19-14(2)13-16-7-11-18(20)12-8-16/h5-12,14,19-20H,3-4,13H2,1-2H3. The number of nitrogens with one attached hydrogen (secondary N) is 1. The average molecular weight is 269 g/mol. The van der Waals surface area contributed by atoms with Gasteiger partial charge in [-0.2, -0.15) is 0 Å². The number of hydrogen-bond acceptors (Lipinski definition) is 2. The highest BCUT2D eigenvalue weighted by Crippen LogP contribution is 2.15. The Balaban J connectivity index is 1.90. The molecule has 0 saturated carbocycles. The summed E-state index contributed by atoms with van der Waals surface area (Å²) >= 11 is 0. The van der Waals surface area contributed by atoms with Gasteiger partial charge in [-0.15, -0.1) is 0 Å². The summed E-state index contributed by atoms with van der Waals surface area (Å²) < 4.78 is 0. The second-order valence-electron chi connectivity index (χ2n) is 5.36. The summed E-state index contributed by atoms with van der Waals surface area (Å²) in [5.41, 5.74) is 3.78. The first-order valence-corrected chi connectivity index (χ1v) is 7.30. The van der Waals surface area contributed by atoms with E-state index in [1.54, 1.807) is 12.1 Å². The molecule has 20 heavy (non-hydrogen) atoms. The number of anilines is 1. The largest absolute Gasteiger partial charge is 0.508 e. The van der Waals surface area contributed by atoms with Crippen LogP contribution in [0.25, 0.3) is 0 Å². The van der Waals surface area contributed by atoms with Gasteiger partial charge in [-0.3, -0.25) is 0 Å². The van der Waals surface area contributed by atoms with E-state index in [1.165, 1.54) is 17.5 Å². The number of phenols is 1. The molecule has 2 aromatic carbocycles. The molecule has 0 fully saturated rings. The van der Waals surface area contributed by atoms with Gasteiger partial charge in [0.05, 0.1) is 0 Å². The molecule has 1 atom stereocenters. The van der Waals surface area contributed by atoms with E-state index in [4.69, 9.17) is 0 Å². The number of aryl methyl sites for hydroxylation is 1. The quantitative estimate of drug-likeness (QED) is 0.815. The van der Waals surface area contributed by atoms with Crippen molar-refractivity contribution in [1.82, 2.24) is 0 Å². The maximum Gasteiger partial charge on any atom is 0.115 e.